The summed E-state index contributed by atoms with van der Waals surface area (Å²) in [6, 6.07) is 2.18. The standard InChI is InChI=1S/C15H15F5N2O/c1-21-7-11-10(13(21)23)5-9(6-12(11)15(18,19)20)22-4-2-3-14(16,17)8-22/h5-6H,2-4,7-8H2,1H3. The van der Waals surface area contributed by atoms with Gasteiger partial charge in [0.15, 0.2) is 0 Å². The third kappa shape index (κ3) is 2.86. The van der Waals surface area contributed by atoms with E-state index in [-0.39, 0.29) is 42.7 Å². The van der Waals surface area contributed by atoms with Crippen LogP contribution in [0.3, 0.4) is 0 Å². The Labute approximate surface area is 129 Å². The lowest BCUT2D eigenvalue weighted by Gasteiger charge is -2.34. The highest BCUT2D eigenvalue weighted by molar-refractivity contribution is 5.99. The molecule has 0 atom stereocenters. The van der Waals surface area contributed by atoms with Crippen molar-refractivity contribution < 1.29 is 26.7 Å². The second-order valence-corrected chi connectivity index (χ2v) is 6.06. The summed E-state index contributed by atoms with van der Waals surface area (Å²) < 4.78 is 67.0. The molecule has 0 N–H and O–H groups in total. The first-order valence-corrected chi connectivity index (χ1v) is 7.21. The molecule has 0 bridgehead atoms. The highest BCUT2D eigenvalue weighted by Gasteiger charge is 2.41. The lowest BCUT2D eigenvalue weighted by molar-refractivity contribution is -0.138. The minimum Gasteiger partial charge on any atom is -0.365 e. The normalized spacial score (nSPS) is 20.9. The molecule has 1 saturated heterocycles. The number of carbonyl (C=O) groups is 1. The number of alkyl halides is 5. The third-order valence-electron chi connectivity index (χ3n) is 4.27. The predicted molar refractivity (Wildman–Crippen MR) is 73.6 cm³/mol. The van der Waals surface area contributed by atoms with Gasteiger partial charge < -0.3 is 9.80 Å². The number of hydrogen-bond acceptors (Lipinski definition) is 2. The first kappa shape index (κ1) is 16.0. The summed E-state index contributed by atoms with van der Waals surface area (Å²) in [4.78, 5) is 14.4. The highest BCUT2D eigenvalue weighted by atomic mass is 19.4. The number of piperidine rings is 1. The van der Waals surface area contributed by atoms with Crippen molar-refractivity contribution in [3.8, 4) is 0 Å². The molecule has 2 aliphatic rings. The molecule has 0 saturated carbocycles. The van der Waals surface area contributed by atoms with Crippen molar-refractivity contribution in [2.75, 3.05) is 25.0 Å². The van der Waals surface area contributed by atoms with Gasteiger partial charge in [0.25, 0.3) is 11.8 Å². The molecule has 1 aromatic rings. The summed E-state index contributed by atoms with van der Waals surface area (Å²) in [5.41, 5.74) is -1.03. The predicted octanol–water partition coefficient (Wildman–Crippen LogP) is 3.53. The smallest absolute Gasteiger partial charge is 0.365 e. The highest BCUT2D eigenvalue weighted by Crippen LogP contribution is 2.40. The molecule has 3 nitrogen and oxygen atoms in total. The molecule has 0 spiro atoms. The number of benzene rings is 1. The largest absolute Gasteiger partial charge is 0.416 e. The van der Waals surface area contributed by atoms with Crippen LogP contribution in [0.1, 0.15) is 34.3 Å². The summed E-state index contributed by atoms with van der Waals surface area (Å²) in [5.74, 6) is -3.45. The molecular weight excluding hydrogens is 319 g/mol. The van der Waals surface area contributed by atoms with Crippen molar-refractivity contribution in [2.24, 2.45) is 0 Å². The van der Waals surface area contributed by atoms with Crippen LogP contribution in [0.25, 0.3) is 0 Å². The topological polar surface area (TPSA) is 23.6 Å². The number of halogens is 5. The zero-order valence-corrected chi connectivity index (χ0v) is 12.4. The van der Waals surface area contributed by atoms with Crippen LogP contribution < -0.4 is 4.90 Å². The molecule has 8 heteroatoms. The van der Waals surface area contributed by atoms with Crippen LogP contribution >= 0.6 is 0 Å². The van der Waals surface area contributed by atoms with Gasteiger partial charge >= 0.3 is 6.18 Å². The molecule has 0 aromatic heterocycles. The van der Waals surface area contributed by atoms with E-state index >= 15 is 0 Å². The van der Waals surface area contributed by atoms with Crippen molar-refractivity contribution >= 4 is 11.6 Å². The number of amides is 1. The minimum atomic E-state index is -4.64. The van der Waals surface area contributed by atoms with Crippen LogP contribution in [0.5, 0.6) is 0 Å². The fourth-order valence-electron chi connectivity index (χ4n) is 3.15. The summed E-state index contributed by atoms with van der Waals surface area (Å²) in [5, 5.41) is 0. The van der Waals surface area contributed by atoms with Gasteiger partial charge in [0.1, 0.15) is 0 Å². The summed E-state index contributed by atoms with van der Waals surface area (Å²) in [6.07, 6.45) is -4.72. The van der Waals surface area contributed by atoms with Crippen LogP contribution in [-0.2, 0) is 12.7 Å². The molecule has 0 radical (unpaired) electrons. The van der Waals surface area contributed by atoms with E-state index < -0.39 is 30.1 Å². The van der Waals surface area contributed by atoms with Gasteiger partial charge in [-0.25, -0.2) is 8.78 Å². The molecule has 2 aliphatic heterocycles. The summed E-state index contributed by atoms with van der Waals surface area (Å²) in [7, 11) is 1.41. The van der Waals surface area contributed by atoms with Gasteiger partial charge in [-0.3, -0.25) is 4.79 Å². The average Bonchev–Trinajstić information content (AvgIpc) is 2.71. The van der Waals surface area contributed by atoms with E-state index in [4.69, 9.17) is 0 Å². The van der Waals surface area contributed by atoms with E-state index in [2.05, 4.69) is 0 Å². The molecule has 0 unspecified atom stereocenters. The maximum atomic E-state index is 13.5. The van der Waals surface area contributed by atoms with Crippen molar-refractivity contribution in [2.45, 2.75) is 31.5 Å². The number of anilines is 1. The van der Waals surface area contributed by atoms with Crippen LogP contribution in [0.4, 0.5) is 27.6 Å². The zero-order valence-electron chi connectivity index (χ0n) is 12.4. The van der Waals surface area contributed by atoms with Crippen molar-refractivity contribution in [3.05, 3.63) is 28.8 Å². The summed E-state index contributed by atoms with van der Waals surface area (Å²) >= 11 is 0. The lowest BCUT2D eigenvalue weighted by Crippen LogP contribution is -2.42. The first-order valence-electron chi connectivity index (χ1n) is 7.21. The van der Waals surface area contributed by atoms with Gasteiger partial charge in [0, 0.05) is 37.8 Å². The fourth-order valence-corrected chi connectivity index (χ4v) is 3.15. The van der Waals surface area contributed by atoms with Crippen molar-refractivity contribution in [1.82, 2.24) is 4.90 Å². The van der Waals surface area contributed by atoms with Gasteiger partial charge in [0.05, 0.1) is 12.1 Å². The summed E-state index contributed by atoms with van der Waals surface area (Å²) in [6.45, 7) is -0.512. The minimum absolute atomic E-state index is 0.0269. The Morgan fingerprint density at radius 1 is 1.22 bits per heavy atom. The Hall–Kier alpha value is -1.86. The van der Waals surface area contributed by atoms with E-state index in [9.17, 15) is 26.7 Å². The van der Waals surface area contributed by atoms with E-state index in [1.165, 1.54) is 22.9 Å². The van der Waals surface area contributed by atoms with E-state index in [1.54, 1.807) is 0 Å². The van der Waals surface area contributed by atoms with Crippen LogP contribution in [-0.4, -0.2) is 36.9 Å². The van der Waals surface area contributed by atoms with E-state index in [1.807, 2.05) is 0 Å². The Morgan fingerprint density at radius 3 is 2.52 bits per heavy atom. The number of hydrogen-bond donors (Lipinski definition) is 0. The molecule has 0 aliphatic carbocycles. The Bertz CT molecular complexity index is 656. The Kier molecular flexibility index (Phi) is 3.53. The second kappa shape index (κ2) is 5.07. The van der Waals surface area contributed by atoms with Gasteiger partial charge in [-0.1, -0.05) is 0 Å². The second-order valence-electron chi connectivity index (χ2n) is 6.06. The number of fused-ring (bicyclic) bond motifs is 1. The maximum Gasteiger partial charge on any atom is 0.416 e. The molecule has 3 rings (SSSR count). The molecule has 1 aromatic carbocycles. The van der Waals surface area contributed by atoms with Gasteiger partial charge in [-0.2, -0.15) is 13.2 Å². The Morgan fingerprint density at radius 2 is 1.91 bits per heavy atom. The lowest BCUT2D eigenvalue weighted by atomic mass is 9.99. The quantitative estimate of drug-likeness (QED) is 0.734. The van der Waals surface area contributed by atoms with Gasteiger partial charge in [0.2, 0.25) is 0 Å². The molecule has 126 valence electrons. The molecule has 1 amide bonds. The number of carbonyl (C=O) groups excluding carboxylic acids is 1. The van der Waals surface area contributed by atoms with Crippen molar-refractivity contribution in [1.29, 1.82) is 0 Å². The van der Waals surface area contributed by atoms with Crippen molar-refractivity contribution in [3.63, 3.8) is 0 Å². The van der Waals surface area contributed by atoms with Crippen LogP contribution in [0, 0.1) is 0 Å². The third-order valence-corrected chi connectivity index (χ3v) is 4.27. The van der Waals surface area contributed by atoms with E-state index in [0.29, 0.717) is 0 Å². The maximum absolute atomic E-state index is 13.5. The Balaban J connectivity index is 2.08. The van der Waals surface area contributed by atoms with Gasteiger partial charge in [-0.05, 0) is 24.1 Å². The number of rotatable bonds is 1. The molecular formula is C15H15F5N2O. The molecule has 1 fully saturated rings. The van der Waals surface area contributed by atoms with E-state index in [0.717, 1.165) is 6.07 Å². The first-order chi connectivity index (χ1) is 10.6. The zero-order chi connectivity index (χ0) is 17.0. The van der Waals surface area contributed by atoms with Crippen LogP contribution in [0.2, 0.25) is 0 Å². The SMILES string of the molecule is CN1Cc2c(cc(N3CCCC(F)(F)C3)cc2C(F)(F)F)C1=O. The van der Waals surface area contributed by atoms with Crippen LogP contribution in [0.15, 0.2) is 12.1 Å². The fraction of sp³-hybridized carbons (Fsp3) is 0.533. The van der Waals surface area contributed by atoms with Gasteiger partial charge in [-0.15, -0.1) is 0 Å². The molecule has 23 heavy (non-hydrogen) atoms. The monoisotopic (exact) mass is 334 g/mol. The average molecular weight is 334 g/mol. The molecule has 2 heterocycles. The number of nitrogens with zero attached hydrogens (tertiary/aromatic N) is 2.